The second-order valence-corrected chi connectivity index (χ2v) is 22.7. The molecule has 0 aliphatic heterocycles. The van der Waals surface area contributed by atoms with Crippen LogP contribution >= 0.6 is 0 Å². The largest absolute Gasteiger partial charge is 0.413 e. The highest BCUT2D eigenvalue weighted by Crippen LogP contribution is 2.42. The van der Waals surface area contributed by atoms with Crippen LogP contribution in [-0.2, 0) is 13.6 Å². The summed E-state index contributed by atoms with van der Waals surface area (Å²) >= 11 is 0. The molecule has 4 atom stereocenters. The molecule has 3 nitrogen and oxygen atoms in total. The molecular weight excluding hydrogens is 573 g/mol. The van der Waals surface area contributed by atoms with Gasteiger partial charge in [-0.05, 0) is 58.9 Å². The Bertz CT molecular complexity index is 1200. The van der Waals surface area contributed by atoms with Crippen molar-refractivity contribution < 1.29 is 13.6 Å². The topological polar surface area (TPSA) is 35.5 Å². The fourth-order valence-corrected chi connectivity index (χ4v) is 11.9. The number of aldehydes is 1. The third-order valence-corrected chi connectivity index (χ3v) is 18.3. The van der Waals surface area contributed by atoms with Gasteiger partial charge in [0.2, 0.25) is 0 Å². The fraction of sp³-hybridized carbons (Fsp3) is 0.462. The van der Waals surface area contributed by atoms with E-state index in [9.17, 15) is 4.79 Å². The van der Waals surface area contributed by atoms with Crippen molar-refractivity contribution in [3.63, 3.8) is 0 Å². The van der Waals surface area contributed by atoms with Crippen LogP contribution in [0.15, 0.2) is 104 Å². The van der Waals surface area contributed by atoms with E-state index in [-0.39, 0.29) is 23.0 Å². The Morgan fingerprint density at radius 3 is 1.55 bits per heavy atom. The molecule has 0 radical (unpaired) electrons. The van der Waals surface area contributed by atoms with Crippen molar-refractivity contribution in [3.05, 3.63) is 104 Å². The summed E-state index contributed by atoms with van der Waals surface area (Å²) in [5, 5.41) is 3.55. The number of carbonyl (C=O) groups is 1. The third kappa shape index (κ3) is 8.17. The van der Waals surface area contributed by atoms with E-state index in [0.717, 1.165) is 41.1 Å². The number of unbranched alkanes of at least 4 members (excludes halogenated alkanes) is 1. The van der Waals surface area contributed by atoms with Crippen molar-refractivity contribution >= 4 is 38.5 Å². The first kappa shape index (κ1) is 35.9. The second kappa shape index (κ2) is 15.1. The van der Waals surface area contributed by atoms with E-state index in [2.05, 4.69) is 145 Å². The van der Waals surface area contributed by atoms with Crippen molar-refractivity contribution in [2.45, 2.75) is 98.1 Å². The van der Waals surface area contributed by atoms with Crippen LogP contribution in [0.5, 0.6) is 0 Å². The maximum Gasteiger partial charge on any atom is 0.288 e. The van der Waals surface area contributed by atoms with E-state index in [4.69, 9.17) is 8.85 Å². The van der Waals surface area contributed by atoms with Crippen LogP contribution in [0.4, 0.5) is 0 Å². The molecule has 0 unspecified atom stereocenters. The molecule has 0 aliphatic carbocycles. The molecular formula is C39H56O3Si2. The summed E-state index contributed by atoms with van der Waals surface area (Å²) in [7, 11) is -5.26. The average molecular weight is 629 g/mol. The number of hydrogen-bond acceptors (Lipinski definition) is 3. The zero-order valence-corrected chi connectivity index (χ0v) is 30.7. The summed E-state index contributed by atoms with van der Waals surface area (Å²) in [6.07, 6.45) is 5.71. The third-order valence-electron chi connectivity index (χ3n) is 9.74. The smallest absolute Gasteiger partial charge is 0.288 e. The molecule has 0 amide bonds. The van der Waals surface area contributed by atoms with Crippen molar-refractivity contribution in [1.29, 1.82) is 0 Å². The van der Waals surface area contributed by atoms with E-state index in [0.29, 0.717) is 0 Å². The van der Waals surface area contributed by atoms with Crippen LogP contribution in [0.25, 0.3) is 0 Å². The lowest BCUT2D eigenvalue weighted by Gasteiger charge is -2.48. The zero-order chi connectivity index (χ0) is 32.6. The van der Waals surface area contributed by atoms with Crippen LogP contribution in [0.2, 0.25) is 18.1 Å². The first-order valence-corrected chi connectivity index (χ1v) is 21.1. The molecule has 0 saturated carbocycles. The molecule has 0 spiro atoms. The van der Waals surface area contributed by atoms with Crippen LogP contribution < -0.4 is 15.6 Å². The Kier molecular flexibility index (Phi) is 12.4. The monoisotopic (exact) mass is 628 g/mol. The molecule has 5 heteroatoms. The maximum absolute atomic E-state index is 13.0. The van der Waals surface area contributed by atoms with E-state index in [1.807, 2.05) is 19.9 Å². The van der Waals surface area contributed by atoms with E-state index >= 15 is 0 Å². The number of rotatable bonds is 16. The molecule has 0 heterocycles. The van der Waals surface area contributed by atoms with E-state index in [1.54, 1.807) is 0 Å². The van der Waals surface area contributed by atoms with Crippen LogP contribution in [0.1, 0.15) is 67.7 Å². The SMILES string of the molecule is C=CCCC[C@H](C)[C@H](O[Si](C)(C)C(C)(C)C)[C@@H](C)[C@@H](O[Si](c1ccccc1)(c1ccccc1)c1ccccc1)C(C)(C)C=O. The molecule has 0 fully saturated rings. The van der Waals surface area contributed by atoms with Crippen molar-refractivity contribution in [2.24, 2.45) is 17.3 Å². The van der Waals surface area contributed by atoms with Gasteiger partial charge in [0, 0.05) is 11.3 Å². The summed E-state index contributed by atoms with van der Waals surface area (Å²) in [5.41, 5.74) is -0.758. The summed E-state index contributed by atoms with van der Waals surface area (Å²) in [5.74, 6) is 0.236. The molecule has 0 N–H and O–H groups in total. The normalized spacial score (nSPS) is 15.7. The minimum atomic E-state index is -3.10. The molecule has 0 bridgehead atoms. The molecule has 44 heavy (non-hydrogen) atoms. The average Bonchev–Trinajstić information content (AvgIpc) is 3.01. The highest BCUT2D eigenvalue weighted by molar-refractivity contribution is 7.07. The molecule has 3 rings (SSSR count). The zero-order valence-electron chi connectivity index (χ0n) is 28.7. The Morgan fingerprint density at radius 2 is 1.18 bits per heavy atom. The Morgan fingerprint density at radius 1 is 0.750 bits per heavy atom. The molecule has 0 saturated heterocycles. The lowest BCUT2D eigenvalue weighted by Crippen LogP contribution is -2.72. The van der Waals surface area contributed by atoms with Gasteiger partial charge < -0.3 is 13.6 Å². The van der Waals surface area contributed by atoms with Gasteiger partial charge in [-0.1, -0.05) is 146 Å². The fourth-order valence-electron chi connectivity index (χ4n) is 6.10. The second-order valence-electron chi connectivity index (χ2n) is 14.7. The molecule has 0 aromatic heterocycles. The van der Waals surface area contributed by atoms with Crippen LogP contribution in [0.3, 0.4) is 0 Å². The molecule has 0 aliphatic rings. The standard InChI is InChI=1S/C39H56O3Si2/c1-11-12-16-23-31(2)36(41-43(9,10)38(4,5)6)32(3)37(39(7,8)30-40)42-44(33-24-17-13-18-25-33,34-26-19-14-20-27-34)35-28-21-15-22-29-35/h11,13-15,17-22,24-32,36-37H,1,12,16,23H2,2-10H3/t31-,32+,36-,37+/m0/s1. The van der Waals surface area contributed by atoms with Gasteiger partial charge in [-0.3, -0.25) is 0 Å². The molecule has 3 aromatic rings. The highest BCUT2D eigenvalue weighted by atomic mass is 28.4. The minimum absolute atomic E-state index is 0.0499. The number of benzene rings is 3. The van der Waals surface area contributed by atoms with Crippen molar-refractivity contribution in [1.82, 2.24) is 0 Å². The first-order valence-electron chi connectivity index (χ1n) is 16.3. The highest BCUT2D eigenvalue weighted by Gasteiger charge is 2.51. The Hall–Kier alpha value is -2.58. The van der Waals surface area contributed by atoms with Gasteiger partial charge in [0.15, 0.2) is 8.32 Å². The number of allylic oxidation sites excluding steroid dienone is 1. The minimum Gasteiger partial charge on any atom is -0.413 e. The lowest BCUT2D eigenvalue weighted by molar-refractivity contribution is -0.123. The van der Waals surface area contributed by atoms with Gasteiger partial charge >= 0.3 is 0 Å². The Balaban J connectivity index is 2.28. The van der Waals surface area contributed by atoms with Crippen molar-refractivity contribution in [3.8, 4) is 0 Å². The summed E-state index contributed by atoms with van der Waals surface area (Å²) in [6, 6.07) is 31.9. The van der Waals surface area contributed by atoms with Gasteiger partial charge in [0.1, 0.15) is 6.29 Å². The van der Waals surface area contributed by atoms with Gasteiger partial charge in [-0.15, -0.1) is 6.58 Å². The summed E-state index contributed by atoms with van der Waals surface area (Å²) in [6.45, 7) is 24.2. The van der Waals surface area contributed by atoms with Crippen molar-refractivity contribution in [2.75, 3.05) is 0 Å². The first-order chi connectivity index (χ1) is 20.7. The lowest BCUT2D eigenvalue weighted by atomic mass is 9.76. The predicted molar refractivity (Wildman–Crippen MR) is 193 cm³/mol. The van der Waals surface area contributed by atoms with Crippen LogP contribution in [-0.4, -0.2) is 35.1 Å². The molecule has 3 aromatic carbocycles. The van der Waals surface area contributed by atoms with Crippen LogP contribution in [0, 0.1) is 17.3 Å². The van der Waals surface area contributed by atoms with E-state index < -0.39 is 28.2 Å². The van der Waals surface area contributed by atoms with Gasteiger partial charge in [0.25, 0.3) is 8.32 Å². The van der Waals surface area contributed by atoms with E-state index in [1.165, 1.54) is 0 Å². The number of hydrogen-bond donors (Lipinski definition) is 0. The van der Waals surface area contributed by atoms with Gasteiger partial charge in [-0.2, -0.15) is 0 Å². The number of carbonyl (C=O) groups excluding carboxylic acids is 1. The maximum atomic E-state index is 13.0. The predicted octanol–water partition coefficient (Wildman–Crippen LogP) is 8.28. The molecule has 238 valence electrons. The quantitative estimate of drug-likeness (QED) is 0.0527. The summed E-state index contributed by atoms with van der Waals surface area (Å²) < 4.78 is 15.1. The Labute approximate surface area is 270 Å². The summed E-state index contributed by atoms with van der Waals surface area (Å²) in [4.78, 5) is 13.0. The van der Waals surface area contributed by atoms with Gasteiger partial charge in [-0.25, -0.2) is 0 Å². The van der Waals surface area contributed by atoms with Gasteiger partial charge in [0.05, 0.1) is 12.2 Å².